The van der Waals surface area contributed by atoms with Crippen molar-refractivity contribution in [3.63, 3.8) is 0 Å². The molecule has 0 aromatic heterocycles. The lowest BCUT2D eigenvalue weighted by Crippen LogP contribution is -2.59. The van der Waals surface area contributed by atoms with Gasteiger partial charge in [-0.25, -0.2) is 0 Å². The van der Waals surface area contributed by atoms with E-state index in [4.69, 9.17) is 9.73 Å². The molecule has 6 atom stereocenters. The van der Waals surface area contributed by atoms with Crippen LogP contribution in [0.15, 0.2) is 29.3 Å². The Kier molecular flexibility index (Phi) is 3.90. The average Bonchev–Trinajstić information content (AvgIpc) is 3.05. The summed E-state index contributed by atoms with van der Waals surface area (Å²) in [7, 11) is 1.43. The van der Waals surface area contributed by atoms with Crippen molar-refractivity contribution in [2.75, 3.05) is 20.2 Å². The number of nitrogens with zero attached hydrogens (tertiary/aromatic N) is 2. The van der Waals surface area contributed by atoms with Crippen molar-refractivity contribution in [1.82, 2.24) is 4.90 Å². The SMILES string of the molecule is COC(=O)C1[C@H]2C[C@H]3C4N=c5ccccc5=C4CCN3C[C@@H]2CC[C@@H]1O. The van der Waals surface area contributed by atoms with Crippen molar-refractivity contribution in [2.45, 2.75) is 43.9 Å². The van der Waals surface area contributed by atoms with E-state index in [9.17, 15) is 9.90 Å². The van der Waals surface area contributed by atoms with E-state index in [1.165, 1.54) is 17.9 Å². The Balaban J connectivity index is 1.49. The molecule has 5 heteroatoms. The molecule has 0 spiro atoms. The van der Waals surface area contributed by atoms with Gasteiger partial charge in [-0.1, -0.05) is 18.2 Å². The van der Waals surface area contributed by atoms with Crippen LogP contribution >= 0.6 is 0 Å². The van der Waals surface area contributed by atoms with Gasteiger partial charge in [-0.15, -0.1) is 0 Å². The number of hydrogen-bond donors (Lipinski definition) is 1. The number of aliphatic hydroxyl groups excluding tert-OH is 1. The number of piperidine rings is 2. The standard InChI is InChI=1S/C21H26N2O3/c1-26-21(25)19-15-10-17-20-14(13-4-2-3-5-16(13)22-20)8-9-23(17)11-12(15)6-7-18(19)24/h2-5,12,15,17-20,24H,6-11H2,1H3/t12-,15-,17-,18-,19?,20?/m0/s1. The van der Waals surface area contributed by atoms with Gasteiger partial charge in [-0.05, 0) is 49.2 Å². The van der Waals surface area contributed by atoms with E-state index < -0.39 is 6.10 Å². The van der Waals surface area contributed by atoms with Crippen molar-refractivity contribution in [2.24, 2.45) is 22.7 Å². The normalized spacial score (nSPS) is 38.5. The number of ether oxygens (including phenoxy) is 1. The van der Waals surface area contributed by atoms with Crippen LogP contribution in [-0.4, -0.2) is 54.4 Å². The molecule has 1 aromatic carbocycles. The van der Waals surface area contributed by atoms with E-state index >= 15 is 0 Å². The number of aliphatic hydroxyl groups is 1. The van der Waals surface area contributed by atoms with E-state index in [1.807, 2.05) is 0 Å². The molecule has 0 bridgehead atoms. The monoisotopic (exact) mass is 354 g/mol. The minimum absolute atomic E-state index is 0.200. The summed E-state index contributed by atoms with van der Waals surface area (Å²) in [5.74, 6) is 0.0529. The largest absolute Gasteiger partial charge is 0.469 e. The fourth-order valence-electron chi connectivity index (χ4n) is 5.95. The van der Waals surface area contributed by atoms with Gasteiger partial charge >= 0.3 is 5.97 Å². The smallest absolute Gasteiger partial charge is 0.311 e. The fraction of sp³-hybridized carbons (Fsp3) is 0.619. The number of methoxy groups -OCH3 is 1. The highest BCUT2D eigenvalue weighted by Gasteiger charge is 2.51. The van der Waals surface area contributed by atoms with E-state index in [0.717, 1.165) is 37.7 Å². The van der Waals surface area contributed by atoms with Crippen LogP contribution in [0.3, 0.4) is 0 Å². The highest BCUT2D eigenvalue weighted by atomic mass is 16.5. The molecule has 2 unspecified atom stereocenters. The molecule has 5 nitrogen and oxygen atoms in total. The molecule has 5 rings (SSSR count). The molecule has 1 aliphatic carbocycles. The number of benzene rings is 1. The first-order chi connectivity index (χ1) is 12.7. The lowest BCUT2D eigenvalue weighted by atomic mass is 9.64. The number of esters is 1. The van der Waals surface area contributed by atoms with Crippen molar-refractivity contribution < 1.29 is 14.6 Å². The molecule has 1 aromatic rings. The summed E-state index contributed by atoms with van der Waals surface area (Å²) in [6, 6.07) is 9.00. The van der Waals surface area contributed by atoms with Crippen LogP contribution in [0.1, 0.15) is 25.7 Å². The summed E-state index contributed by atoms with van der Waals surface area (Å²) in [5, 5.41) is 12.9. The summed E-state index contributed by atoms with van der Waals surface area (Å²) >= 11 is 0. The van der Waals surface area contributed by atoms with E-state index in [2.05, 4.69) is 29.2 Å². The second-order valence-electron chi connectivity index (χ2n) is 8.28. The van der Waals surface area contributed by atoms with E-state index in [-0.39, 0.29) is 23.8 Å². The molecule has 0 radical (unpaired) electrons. The van der Waals surface area contributed by atoms with Crippen LogP contribution in [0.5, 0.6) is 0 Å². The molecule has 3 aliphatic heterocycles. The molecule has 0 amide bonds. The zero-order valence-corrected chi connectivity index (χ0v) is 15.2. The third-order valence-corrected chi connectivity index (χ3v) is 7.16. The van der Waals surface area contributed by atoms with Crippen LogP contribution in [-0.2, 0) is 9.53 Å². The number of rotatable bonds is 1. The van der Waals surface area contributed by atoms with Gasteiger partial charge < -0.3 is 9.84 Å². The van der Waals surface area contributed by atoms with Crippen LogP contribution in [0.25, 0.3) is 5.57 Å². The van der Waals surface area contributed by atoms with Gasteiger partial charge in [0.1, 0.15) is 0 Å². The van der Waals surface area contributed by atoms with Gasteiger partial charge in [-0.2, -0.15) is 0 Å². The van der Waals surface area contributed by atoms with Crippen molar-refractivity contribution in [3.05, 3.63) is 34.8 Å². The minimum Gasteiger partial charge on any atom is -0.469 e. The summed E-state index contributed by atoms with van der Waals surface area (Å²) in [5.41, 5.74) is 1.46. The maximum atomic E-state index is 12.4. The Morgan fingerprint density at radius 2 is 2.15 bits per heavy atom. The molecule has 3 fully saturated rings. The fourth-order valence-corrected chi connectivity index (χ4v) is 5.95. The summed E-state index contributed by atoms with van der Waals surface area (Å²) < 4.78 is 5.04. The summed E-state index contributed by atoms with van der Waals surface area (Å²) in [6.45, 7) is 2.10. The summed E-state index contributed by atoms with van der Waals surface area (Å²) in [4.78, 5) is 20.0. The number of fused-ring (bicyclic) bond motifs is 5. The number of carbonyl (C=O) groups excluding carboxylic acids is 1. The zero-order chi connectivity index (χ0) is 17.8. The molecule has 1 saturated carbocycles. The topological polar surface area (TPSA) is 62.1 Å². The number of hydrogen-bond acceptors (Lipinski definition) is 5. The van der Waals surface area contributed by atoms with Gasteiger partial charge in [0.15, 0.2) is 0 Å². The lowest BCUT2D eigenvalue weighted by Gasteiger charge is -2.52. The van der Waals surface area contributed by atoms with Crippen LogP contribution in [0.4, 0.5) is 0 Å². The van der Waals surface area contributed by atoms with Gasteiger partial charge in [-0.3, -0.25) is 14.7 Å². The highest BCUT2D eigenvalue weighted by molar-refractivity contribution is 5.73. The number of para-hydroxylation sites is 1. The van der Waals surface area contributed by atoms with E-state index in [0.29, 0.717) is 18.4 Å². The Bertz CT molecular complexity index is 851. The molecule has 1 N–H and O–H groups in total. The predicted molar refractivity (Wildman–Crippen MR) is 96.7 cm³/mol. The second-order valence-corrected chi connectivity index (χ2v) is 8.28. The zero-order valence-electron chi connectivity index (χ0n) is 15.2. The van der Waals surface area contributed by atoms with Crippen molar-refractivity contribution >= 4 is 11.5 Å². The molecular formula is C21H26N2O3. The minimum atomic E-state index is -0.569. The molecule has 138 valence electrons. The molecule has 3 heterocycles. The lowest BCUT2D eigenvalue weighted by molar-refractivity contribution is -0.160. The van der Waals surface area contributed by atoms with Gasteiger partial charge in [0, 0.05) is 24.4 Å². The Morgan fingerprint density at radius 1 is 1.31 bits per heavy atom. The maximum absolute atomic E-state index is 12.4. The first-order valence-corrected chi connectivity index (χ1v) is 9.83. The first kappa shape index (κ1) is 16.5. The van der Waals surface area contributed by atoms with Crippen molar-refractivity contribution in [1.29, 1.82) is 0 Å². The van der Waals surface area contributed by atoms with Gasteiger partial charge in [0.25, 0.3) is 0 Å². The quantitative estimate of drug-likeness (QED) is 0.746. The number of carbonyl (C=O) groups is 1. The molecule has 4 aliphatic rings. The van der Waals surface area contributed by atoms with Gasteiger partial charge in [0.2, 0.25) is 0 Å². The van der Waals surface area contributed by atoms with Crippen molar-refractivity contribution in [3.8, 4) is 0 Å². The molecular weight excluding hydrogens is 328 g/mol. The van der Waals surface area contributed by atoms with Crippen LogP contribution < -0.4 is 10.6 Å². The maximum Gasteiger partial charge on any atom is 0.311 e. The molecule has 2 saturated heterocycles. The Morgan fingerprint density at radius 3 is 3.00 bits per heavy atom. The third kappa shape index (κ3) is 2.37. The first-order valence-electron chi connectivity index (χ1n) is 9.83. The van der Waals surface area contributed by atoms with Gasteiger partial charge in [0.05, 0.1) is 30.5 Å². The van der Waals surface area contributed by atoms with Crippen LogP contribution in [0, 0.1) is 17.8 Å². The van der Waals surface area contributed by atoms with Crippen LogP contribution in [0.2, 0.25) is 0 Å². The predicted octanol–water partition coefficient (Wildman–Crippen LogP) is 0.493. The Hall–Kier alpha value is -1.72. The highest BCUT2D eigenvalue weighted by Crippen LogP contribution is 2.46. The van der Waals surface area contributed by atoms with E-state index in [1.54, 1.807) is 0 Å². The molecule has 26 heavy (non-hydrogen) atoms. The third-order valence-electron chi connectivity index (χ3n) is 7.16. The average molecular weight is 354 g/mol. The second kappa shape index (κ2) is 6.17. The Labute approximate surface area is 153 Å². The summed E-state index contributed by atoms with van der Waals surface area (Å²) in [6.07, 6.45) is 3.15.